The van der Waals surface area contributed by atoms with Crippen molar-refractivity contribution in [3.63, 3.8) is 0 Å². The minimum absolute atomic E-state index is 0.0228. The Labute approximate surface area is 107 Å². The van der Waals surface area contributed by atoms with Crippen LogP contribution in [0.4, 0.5) is 11.9 Å². The van der Waals surface area contributed by atoms with Gasteiger partial charge < -0.3 is 15.8 Å². The lowest BCUT2D eigenvalue weighted by molar-refractivity contribution is 0.222. The van der Waals surface area contributed by atoms with E-state index in [-0.39, 0.29) is 18.1 Å². The molecule has 6 nitrogen and oxygen atoms in total. The lowest BCUT2D eigenvalue weighted by Crippen LogP contribution is -2.17. The third-order valence-corrected chi connectivity index (χ3v) is 3.03. The van der Waals surface area contributed by atoms with Crippen LogP contribution in [-0.4, -0.2) is 27.6 Å². The fourth-order valence-electron chi connectivity index (χ4n) is 1.88. The summed E-state index contributed by atoms with van der Waals surface area (Å²) in [5.41, 5.74) is 5.62. The van der Waals surface area contributed by atoms with Crippen LogP contribution in [0.2, 0.25) is 0 Å². The number of nitrogens with zero attached hydrogens (tertiary/aromatic N) is 3. The van der Waals surface area contributed by atoms with Crippen LogP contribution in [0, 0.1) is 5.92 Å². The molecule has 1 aliphatic rings. The topological polar surface area (TPSA) is 86.0 Å². The molecule has 0 aromatic carbocycles. The largest absolute Gasteiger partial charge is 0.461 e. The molecule has 100 valence electrons. The molecule has 1 aromatic rings. The van der Waals surface area contributed by atoms with E-state index in [9.17, 15) is 0 Å². The maximum Gasteiger partial charge on any atom is 0.323 e. The number of hydrogen-bond acceptors (Lipinski definition) is 6. The van der Waals surface area contributed by atoms with Gasteiger partial charge in [0.2, 0.25) is 11.9 Å². The zero-order chi connectivity index (χ0) is 13.0. The fourth-order valence-corrected chi connectivity index (χ4v) is 1.88. The molecule has 1 fully saturated rings. The normalized spacial score (nSPS) is 15.5. The molecule has 1 aromatic heterocycles. The molecule has 0 bridgehead atoms. The summed E-state index contributed by atoms with van der Waals surface area (Å²) in [6, 6.07) is 0.281. The summed E-state index contributed by atoms with van der Waals surface area (Å²) in [6.45, 7) is 4.71. The number of nitrogens with one attached hydrogen (secondary N) is 1. The zero-order valence-electron chi connectivity index (χ0n) is 11.0. The monoisotopic (exact) mass is 251 g/mol. The van der Waals surface area contributed by atoms with E-state index in [1.165, 1.54) is 19.3 Å². The maximum absolute atomic E-state index is 5.62. The van der Waals surface area contributed by atoms with Gasteiger partial charge in [0.15, 0.2) is 0 Å². The van der Waals surface area contributed by atoms with Gasteiger partial charge in [-0.05, 0) is 26.2 Å². The Kier molecular flexibility index (Phi) is 4.17. The molecule has 0 saturated heterocycles. The Morgan fingerprint density at radius 3 is 2.72 bits per heavy atom. The number of ether oxygens (including phenoxy) is 1. The van der Waals surface area contributed by atoms with Crippen molar-refractivity contribution in [2.75, 3.05) is 17.6 Å². The highest BCUT2D eigenvalue weighted by molar-refractivity contribution is 5.32. The quantitative estimate of drug-likeness (QED) is 0.802. The lowest BCUT2D eigenvalue weighted by Gasteiger charge is -2.25. The zero-order valence-corrected chi connectivity index (χ0v) is 11.0. The number of rotatable bonds is 6. The van der Waals surface area contributed by atoms with Gasteiger partial charge in [0.05, 0.1) is 6.10 Å². The average molecular weight is 251 g/mol. The predicted molar refractivity (Wildman–Crippen MR) is 70.5 cm³/mol. The first-order valence-electron chi connectivity index (χ1n) is 6.55. The van der Waals surface area contributed by atoms with Crippen molar-refractivity contribution >= 4 is 11.9 Å². The molecule has 0 unspecified atom stereocenters. The molecular weight excluding hydrogens is 230 g/mol. The summed E-state index contributed by atoms with van der Waals surface area (Å²) in [6.07, 6.45) is 5.25. The van der Waals surface area contributed by atoms with E-state index >= 15 is 0 Å². The van der Waals surface area contributed by atoms with E-state index < -0.39 is 0 Å². The third kappa shape index (κ3) is 3.72. The summed E-state index contributed by atoms with van der Waals surface area (Å²) in [5.74, 6) is 1.55. The Hall–Kier alpha value is -1.59. The molecule has 0 aliphatic heterocycles. The van der Waals surface area contributed by atoms with Gasteiger partial charge in [-0.2, -0.15) is 15.0 Å². The second-order valence-corrected chi connectivity index (χ2v) is 4.98. The number of nitrogens with two attached hydrogens (primary N) is 1. The molecule has 1 saturated carbocycles. The van der Waals surface area contributed by atoms with Gasteiger partial charge in [-0.15, -0.1) is 0 Å². The minimum atomic E-state index is 0.0228. The first-order valence-corrected chi connectivity index (χ1v) is 6.55. The van der Waals surface area contributed by atoms with Crippen molar-refractivity contribution in [2.45, 2.75) is 45.6 Å². The molecule has 18 heavy (non-hydrogen) atoms. The maximum atomic E-state index is 5.62. The van der Waals surface area contributed by atoms with Crippen molar-refractivity contribution < 1.29 is 4.74 Å². The van der Waals surface area contributed by atoms with Crippen molar-refractivity contribution in [3.05, 3.63) is 0 Å². The van der Waals surface area contributed by atoms with Gasteiger partial charge in [-0.25, -0.2) is 0 Å². The van der Waals surface area contributed by atoms with E-state index in [1.807, 2.05) is 13.8 Å². The summed E-state index contributed by atoms with van der Waals surface area (Å²) in [7, 11) is 0. The van der Waals surface area contributed by atoms with Crippen LogP contribution in [0.5, 0.6) is 6.01 Å². The number of hydrogen-bond donors (Lipinski definition) is 2. The highest BCUT2D eigenvalue weighted by atomic mass is 16.5. The third-order valence-electron chi connectivity index (χ3n) is 3.03. The standard InChI is InChI=1S/C12H21N5O/c1-8(2)18-12-16-10(13)15-11(17-12)14-7-6-9-4-3-5-9/h8-9H,3-7H2,1-2H3,(H3,13,14,15,16,17). The van der Waals surface area contributed by atoms with Crippen LogP contribution in [0.15, 0.2) is 0 Å². The van der Waals surface area contributed by atoms with E-state index in [2.05, 4.69) is 20.3 Å². The molecule has 0 atom stereocenters. The summed E-state index contributed by atoms with van der Waals surface area (Å²) >= 11 is 0. The van der Waals surface area contributed by atoms with E-state index in [4.69, 9.17) is 10.5 Å². The number of anilines is 2. The Morgan fingerprint density at radius 1 is 1.33 bits per heavy atom. The highest BCUT2D eigenvalue weighted by Crippen LogP contribution is 2.29. The van der Waals surface area contributed by atoms with Crippen LogP contribution in [0.3, 0.4) is 0 Å². The first kappa shape index (κ1) is 12.9. The minimum Gasteiger partial charge on any atom is -0.461 e. The molecule has 1 heterocycles. The predicted octanol–water partition coefficient (Wildman–Crippen LogP) is 1.84. The Balaban J connectivity index is 1.87. The van der Waals surface area contributed by atoms with Crippen LogP contribution < -0.4 is 15.8 Å². The summed E-state index contributed by atoms with van der Waals surface area (Å²) in [4.78, 5) is 12.2. The van der Waals surface area contributed by atoms with Crippen molar-refractivity contribution in [2.24, 2.45) is 5.92 Å². The Morgan fingerprint density at radius 2 is 2.11 bits per heavy atom. The van der Waals surface area contributed by atoms with Crippen LogP contribution in [0.1, 0.15) is 39.5 Å². The second-order valence-electron chi connectivity index (χ2n) is 4.98. The molecule has 3 N–H and O–H groups in total. The van der Waals surface area contributed by atoms with Gasteiger partial charge in [0, 0.05) is 6.54 Å². The highest BCUT2D eigenvalue weighted by Gasteiger charge is 2.16. The Bertz CT molecular complexity index is 392. The number of nitrogen functional groups attached to an aromatic ring is 1. The van der Waals surface area contributed by atoms with Crippen molar-refractivity contribution in [1.29, 1.82) is 0 Å². The van der Waals surface area contributed by atoms with E-state index in [0.29, 0.717) is 5.95 Å². The molecule has 2 rings (SSSR count). The lowest BCUT2D eigenvalue weighted by atomic mass is 9.83. The van der Waals surface area contributed by atoms with E-state index in [1.54, 1.807) is 0 Å². The van der Waals surface area contributed by atoms with Gasteiger partial charge in [0.25, 0.3) is 0 Å². The molecule has 6 heteroatoms. The number of aromatic nitrogens is 3. The van der Waals surface area contributed by atoms with Crippen LogP contribution >= 0.6 is 0 Å². The van der Waals surface area contributed by atoms with Crippen LogP contribution in [-0.2, 0) is 0 Å². The van der Waals surface area contributed by atoms with Gasteiger partial charge in [-0.1, -0.05) is 19.3 Å². The smallest absolute Gasteiger partial charge is 0.323 e. The SMILES string of the molecule is CC(C)Oc1nc(N)nc(NCCC2CCC2)n1. The molecule has 0 spiro atoms. The molecule has 1 aliphatic carbocycles. The van der Waals surface area contributed by atoms with Gasteiger partial charge in [0.1, 0.15) is 0 Å². The molecule has 0 amide bonds. The van der Waals surface area contributed by atoms with Gasteiger partial charge in [-0.3, -0.25) is 0 Å². The fraction of sp³-hybridized carbons (Fsp3) is 0.750. The van der Waals surface area contributed by atoms with Crippen LogP contribution in [0.25, 0.3) is 0 Å². The molecule has 0 radical (unpaired) electrons. The second kappa shape index (κ2) is 5.84. The summed E-state index contributed by atoms with van der Waals surface area (Å²) < 4.78 is 5.41. The van der Waals surface area contributed by atoms with Crippen molar-refractivity contribution in [3.8, 4) is 6.01 Å². The average Bonchev–Trinajstić information content (AvgIpc) is 2.19. The van der Waals surface area contributed by atoms with Gasteiger partial charge >= 0.3 is 6.01 Å². The molecular formula is C12H21N5O. The van der Waals surface area contributed by atoms with Crippen molar-refractivity contribution in [1.82, 2.24) is 15.0 Å². The van der Waals surface area contributed by atoms with E-state index in [0.717, 1.165) is 18.9 Å². The first-order chi connectivity index (χ1) is 8.63. The summed E-state index contributed by atoms with van der Waals surface area (Å²) in [5, 5.41) is 3.18.